The van der Waals surface area contributed by atoms with E-state index in [2.05, 4.69) is 5.32 Å². The van der Waals surface area contributed by atoms with Crippen molar-refractivity contribution in [2.24, 2.45) is 5.73 Å². The summed E-state index contributed by atoms with van der Waals surface area (Å²) in [5.74, 6) is -1.15. The number of hydrogen-bond acceptors (Lipinski definition) is 4. The minimum atomic E-state index is -0.859. The minimum absolute atomic E-state index is 0.305. The van der Waals surface area contributed by atoms with E-state index >= 15 is 0 Å². The Bertz CT molecular complexity index is 684. The lowest BCUT2D eigenvalue weighted by molar-refractivity contribution is -0.139. The summed E-state index contributed by atoms with van der Waals surface area (Å²) in [6, 6.07) is 7.95. The first kappa shape index (κ1) is 20.7. The molecule has 0 aromatic heterocycles. The highest BCUT2D eigenvalue weighted by Crippen LogP contribution is 2.25. The number of primary amides is 1. The normalized spacial score (nSPS) is 19.3. The summed E-state index contributed by atoms with van der Waals surface area (Å²) in [5, 5.41) is 2.70. The predicted octanol–water partition coefficient (Wildman–Crippen LogP) is 2.16. The summed E-state index contributed by atoms with van der Waals surface area (Å²) in [5.41, 5.74) is 5.67. The molecule has 0 spiro atoms. The molecule has 148 valence electrons. The van der Waals surface area contributed by atoms with Crippen molar-refractivity contribution >= 4 is 17.9 Å². The van der Waals surface area contributed by atoms with Crippen LogP contribution in [0.1, 0.15) is 52.0 Å². The van der Waals surface area contributed by atoms with Crippen molar-refractivity contribution in [3.63, 3.8) is 0 Å². The van der Waals surface area contributed by atoms with Gasteiger partial charge in [0.2, 0.25) is 11.8 Å². The molecular weight excluding hydrogens is 346 g/mol. The Labute approximate surface area is 160 Å². The van der Waals surface area contributed by atoms with Crippen LogP contribution in [0.3, 0.4) is 0 Å². The van der Waals surface area contributed by atoms with Crippen molar-refractivity contribution in [1.82, 2.24) is 10.2 Å². The highest BCUT2D eigenvalue weighted by atomic mass is 16.6. The number of nitrogens with two attached hydrogens (primary N) is 1. The number of nitrogens with zero attached hydrogens (tertiary/aromatic N) is 1. The van der Waals surface area contributed by atoms with Crippen molar-refractivity contribution in [2.75, 3.05) is 6.54 Å². The summed E-state index contributed by atoms with van der Waals surface area (Å²) >= 11 is 0. The summed E-state index contributed by atoms with van der Waals surface area (Å²) in [6.45, 7) is 7.58. The molecule has 0 bridgehead atoms. The molecule has 1 saturated heterocycles. The number of hydrogen-bond donors (Lipinski definition) is 2. The molecule has 1 aromatic rings. The van der Waals surface area contributed by atoms with Crippen LogP contribution in [0.5, 0.6) is 0 Å². The van der Waals surface area contributed by atoms with Crippen molar-refractivity contribution in [3.05, 3.63) is 35.9 Å². The molecule has 7 heteroatoms. The Balaban J connectivity index is 2.27. The van der Waals surface area contributed by atoms with Crippen LogP contribution in [0.2, 0.25) is 0 Å². The summed E-state index contributed by atoms with van der Waals surface area (Å²) in [7, 11) is 0. The van der Waals surface area contributed by atoms with E-state index < -0.39 is 29.7 Å². The van der Waals surface area contributed by atoms with Crippen LogP contribution in [-0.4, -0.2) is 47.0 Å². The molecule has 1 aliphatic heterocycles. The molecule has 1 aliphatic rings. The Hall–Kier alpha value is -2.57. The number of ether oxygens (including phenoxy) is 1. The number of carbonyl (C=O) groups is 3. The monoisotopic (exact) mass is 375 g/mol. The fraction of sp³-hybridized carbons (Fsp3) is 0.550. The Morgan fingerprint density at radius 3 is 2.41 bits per heavy atom. The molecule has 1 heterocycles. The summed E-state index contributed by atoms with van der Waals surface area (Å²) < 4.78 is 5.33. The van der Waals surface area contributed by atoms with Gasteiger partial charge in [0.25, 0.3) is 0 Å². The van der Waals surface area contributed by atoms with Gasteiger partial charge in [-0.05, 0) is 39.2 Å². The van der Waals surface area contributed by atoms with E-state index in [0.29, 0.717) is 19.4 Å². The van der Waals surface area contributed by atoms with Gasteiger partial charge in [-0.25, -0.2) is 4.79 Å². The lowest BCUT2D eigenvalue weighted by atomic mass is 9.92. The van der Waals surface area contributed by atoms with E-state index in [1.54, 1.807) is 20.8 Å². The molecule has 0 radical (unpaired) electrons. The fourth-order valence-electron chi connectivity index (χ4n) is 3.29. The van der Waals surface area contributed by atoms with Gasteiger partial charge in [0.1, 0.15) is 17.7 Å². The van der Waals surface area contributed by atoms with Gasteiger partial charge in [-0.2, -0.15) is 0 Å². The van der Waals surface area contributed by atoms with Crippen LogP contribution in [-0.2, 0) is 14.3 Å². The number of amides is 3. The van der Waals surface area contributed by atoms with Crippen LogP contribution >= 0.6 is 0 Å². The molecule has 1 fully saturated rings. The first-order chi connectivity index (χ1) is 12.6. The molecule has 0 aliphatic carbocycles. The molecule has 27 heavy (non-hydrogen) atoms. The zero-order valence-corrected chi connectivity index (χ0v) is 16.4. The van der Waals surface area contributed by atoms with Crippen LogP contribution in [0.15, 0.2) is 30.3 Å². The third-order valence-electron chi connectivity index (χ3n) is 4.63. The molecule has 0 saturated carbocycles. The maximum absolute atomic E-state index is 13.2. The second kappa shape index (κ2) is 8.41. The highest BCUT2D eigenvalue weighted by Gasteiger charge is 2.39. The predicted molar refractivity (Wildman–Crippen MR) is 102 cm³/mol. The van der Waals surface area contributed by atoms with Crippen molar-refractivity contribution in [3.8, 4) is 0 Å². The molecule has 1 aromatic carbocycles. The quantitative estimate of drug-likeness (QED) is 0.823. The molecule has 3 atom stereocenters. The number of rotatable bonds is 5. The third-order valence-corrected chi connectivity index (χ3v) is 4.63. The van der Waals surface area contributed by atoms with E-state index in [1.807, 2.05) is 37.3 Å². The number of alkyl carbamates (subject to hydrolysis) is 1. The van der Waals surface area contributed by atoms with Gasteiger partial charge in [0, 0.05) is 12.5 Å². The minimum Gasteiger partial charge on any atom is -0.444 e. The van der Waals surface area contributed by atoms with Gasteiger partial charge in [-0.3, -0.25) is 9.59 Å². The number of nitrogens with one attached hydrogen (secondary N) is 1. The lowest BCUT2D eigenvalue weighted by Crippen LogP contribution is -2.55. The Morgan fingerprint density at radius 1 is 1.22 bits per heavy atom. The Morgan fingerprint density at radius 2 is 1.85 bits per heavy atom. The summed E-state index contributed by atoms with van der Waals surface area (Å²) in [4.78, 5) is 38.7. The SMILES string of the molecule is CC(c1ccccc1)C(NC(=O)OC(C)(C)C)C(=O)N1CCC[C@H]1C(N)=O. The first-order valence-corrected chi connectivity index (χ1v) is 9.24. The average Bonchev–Trinajstić information content (AvgIpc) is 3.08. The van der Waals surface area contributed by atoms with Gasteiger partial charge in [-0.15, -0.1) is 0 Å². The van der Waals surface area contributed by atoms with Crippen molar-refractivity contribution in [2.45, 2.75) is 64.1 Å². The molecule has 7 nitrogen and oxygen atoms in total. The highest BCUT2D eigenvalue weighted by molar-refractivity contribution is 5.92. The smallest absolute Gasteiger partial charge is 0.408 e. The molecule has 2 rings (SSSR count). The number of benzene rings is 1. The van der Waals surface area contributed by atoms with Crippen LogP contribution in [0.4, 0.5) is 4.79 Å². The van der Waals surface area contributed by atoms with E-state index in [4.69, 9.17) is 10.5 Å². The van der Waals surface area contributed by atoms with E-state index in [0.717, 1.165) is 5.56 Å². The topological polar surface area (TPSA) is 102 Å². The molecule has 3 amide bonds. The van der Waals surface area contributed by atoms with E-state index in [-0.39, 0.29) is 11.8 Å². The number of carbonyl (C=O) groups excluding carboxylic acids is 3. The van der Waals surface area contributed by atoms with Crippen LogP contribution in [0, 0.1) is 0 Å². The second-order valence-electron chi connectivity index (χ2n) is 7.92. The van der Waals surface area contributed by atoms with Gasteiger partial charge in [0.05, 0.1) is 0 Å². The maximum atomic E-state index is 13.2. The second-order valence-corrected chi connectivity index (χ2v) is 7.92. The molecule has 2 unspecified atom stereocenters. The van der Waals surface area contributed by atoms with Gasteiger partial charge < -0.3 is 20.7 Å². The average molecular weight is 375 g/mol. The fourth-order valence-corrected chi connectivity index (χ4v) is 3.29. The van der Waals surface area contributed by atoms with Gasteiger partial charge in [0.15, 0.2) is 0 Å². The largest absolute Gasteiger partial charge is 0.444 e. The van der Waals surface area contributed by atoms with Crippen molar-refractivity contribution in [1.29, 1.82) is 0 Å². The molecule has 3 N–H and O–H groups in total. The first-order valence-electron chi connectivity index (χ1n) is 9.24. The molecular formula is C20H29N3O4. The number of likely N-dealkylation sites (tertiary alicyclic amines) is 1. The lowest BCUT2D eigenvalue weighted by Gasteiger charge is -2.32. The standard InChI is InChI=1S/C20H29N3O4/c1-13(14-9-6-5-7-10-14)16(22-19(26)27-20(2,3)4)18(25)23-12-8-11-15(23)17(21)24/h5-7,9-10,13,15-16H,8,11-12H2,1-4H3,(H2,21,24)(H,22,26)/t13?,15-,16?/m0/s1. The van der Waals surface area contributed by atoms with Crippen LogP contribution < -0.4 is 11.1 Å². The zero-order chi connectivity index (χ0) is 20.2. The van der Waals surface area contributed by atoms with E-state index in [1.165, 1.54) is 4.90 Å². The van der Waals surface area contributed by atoms with Crippen LogP contribution in [0.25, 0.3) is 0 Å². The summed E-state index contributed by atoms with van der Waals surface area (Å²) in [6.07, 6.45) is 0.580. The van der Waals surface area contributed by atoms with Gasteiger partial charge >= 0.3 is 6.09 Å². The zero-order valence-electron chi connectivity index (χ0n) is 16.4. The van der Waals surface area contributed by atoms with Gasteiger partial charge in [-0.1, -0.05) is 37.3 Å². The van der Waals surface area contributed by atoms with Crippen molar-refractivity contribution < 1.29 is 19.1 Å². The maximum Gasteiger partial charge on any atom is 0.408 e. The van der Waals surface area contributed by atoms with E-state index in [9.17, 15) is 14.4 Å². The Kier molecular flexibility index (Phi) is 6.46. The third kappa shape index (κ3) is 5.45.